The molecular weight excluding hydrogens is 385 g/mol. The van der Waals surface area contributed by atoms with Crippen molar-refractivity contribution >= 4 is 45.9 Å². The lowest BCUT2D eigenvalue weighted by Gasteiger charge is -2.08. The Kier molecular flexibility index (Phi) is 8.73. The van der Waals surface area contributed by atoms with Gasteiger partial charge in [0.15, 0.2) is 10.6 Å². The van der Waals surface area contributed by atoms with E-state index in [1.165, 1.54) is 0 Å². The minimum atomic E-state index is 0. The highest BCUT2D eigenvalue weighted by atomic mass is 127. The topological polar surface area (TPSA) is 49.6 Å². The maximum absolute atomic E-state index is 5.34. The molecule has 6 heteroatoms. The fraction of sp³-hybridized carbons (Fsp3) is 0.500. The van der Waals surface area contributed by atoms with Gasteiger partial charge in [-0.05, 0) is 41.9 Å². The average Bonchev–Trinajstić information content (AvgIpc) is 2.61. The summed E-state index contributed by atoms with van der Waals surface area (Å²) in [6.45, 7) is 6.33. The molecule has 1 aromatic rings. The van der Waals surface area contributed by atoms with Gasteiger partial charge in [0, 0.05) is 13.1 Å². The van der Waals surface area contributed by atoms with Gasteiger partial charge >= 0.3 is 0 Å². The van der Waals surface area contributed by atoms with E-state index in [-0.39, 0.29) is 24.0 Å². The van der Waals surface area contributed by atoms with Crippen molar-refractivity contribution in [2.45, 2.75) is 20.4 Å². The summed E-state index contributed by atoms with van der Waals surface area (Å²) < 4.78 is 6.08. The molecule has 0 aromatic carbocycles. The van der Waals surface area contributed by atoms with Crippen LogP contribution in [-0.2, 0) is 6.54 Å². The normalized spacial score (nSPS) is 9.19. The molecule has 1 heterocycles. The third-order valence-corrected chi connectivity index (χ3v) is 2.14. The van der Waals surface area contributed by atoms with Crippen molar-refractivity contribution in [3.8, 4) is 0 Å². The van der Waals surface area contributed by atoms with Crippen LogP contribution in [0.15, 0.2) is 26.2 Å². The molecule has 0 saturated heterocycles. The van der Waals surface area contributed by atoms with Crippen LogP contribution >= 0.6 is 39.9 Å². The van der Waals surface area contributed by atoms with Crippen molar-refractivity contribution in [1.29, 1.82) is 0 Å². The minimum Gasteiger partial charge on any atom is -0.452 e. The van der Waals surface area contributed by atoms with Gasteiger partial charge in [-0.25, -0.2) is 4.99 Å². The smallest absolute Gasteiger partial charge is 0.191 e. The minimum absolute atomic E-state index is 0. The number of furan rings is 1. The average molecular weight is 402 g/mol. The lowest BCUT2D eigenvalue weighted by molar-refractivity contribution is 0.490. The summed E-state index contributed by atoms with van der Waals surface area (Å²) in [6.07, 6.45) is 0. The molecular formula is C10H17BrIN3O. The fourth-order valence-corrected chi connectivity index (χ4v) is 1.44. The summed E-state index contributed by atoms with van der Waals surface area (Å²) in [4.78, 5) is 4.37. The molecule has 0 spiro atoms. The number of aliphatic imine (C=N–C) groups is 1. The Morgan fingerprint density at radius 1 is 1.31 bits per heavy atom. The van der Waals surface area contributed by atoms with Crippen molar-refractivity contribution in [2.24, 2.45) is 4.99 Å². The summed E-state index contributed by atoms with van der Waals surface area (Å²) in [6, 6.07) is 3.77. The second kappa shape index (κ2) is 8.86. The first-order valence-corrected chi connectivity index (χ1v) is 5.82. The van der Waals surface area contributed by atoms with Gasteiger partial charge in [0.1, 0.15) is 12.3 Å². The first-order chi connectivity index (χ1) is 7.26. The molecule has 0 aliphatic carbocycles. The van der Waals surface area contributed by atoms with Crippen LogP contribution in [0.4, 0.5) is 0 Å². The molecule has 92 valence electrons. The maximum atomic E-state index is 5.34. The second-order valence-corrected chi connectivity index (χ2v) is 3.71. The monoisotopic (exact) mass is 401 g/mol. The van der Waals surface area contributed by atoms with E-state index in [1.54, 1.807) is 0 Å². The quantitative estimate of drug-likeness (QED) is 0.463. The largest absolute Gasteiger partial charge is 0.452 e. The van der Waals surface area contributed by atoms with Gasteiger partial charge in [-0.15, -0.1) is 24.0 Å². The number of rotatable bonds is 4. The number of nitrogens with one attached hydrogen (secondary N) is 2. The first kappa shape index (κ1) is 15.8. The molecule has 0 bridgehead atoms. The lowest BCUT2D eigenvalue weighted by Crippen LogP contribution is -2.36. The maximum Gasteiger partial charge on any atom is 0.191 e. The van der Waals surface area contributed by atoms with Crippen molar-refractivity contribution in [2.75, 3.05) is 13.1 Å². The van der Waals surface area contributed by atoms with E-state index in [1.807, 2.05) is 26.0 Å². The number of guanidine groups is 1. The van der Waals surface area contributed by atoms with Crippen molar-refractivity contribution in [1.82, 2.24) is 10.6 Å². The molecule has 1 rings (SSSR count). The number of hydrogen-bond acceptors (Lipinski definition) is 2. The van der Waals surface area contributed by atoms with Crippen LogP contribution in [0.5, 0.6) is 0 Å². The van der Waals surface area contributed by atoms with Crippen molar-refractivity contribution < 1.29 is 4.42 Å². The summed E-state index contributed by atoms with van der Waals surface area (Å²) in [5, 5.41) is 6.29. The Bertz CT molecular complexity index is 320. The predicted molar refractivity (Wildman–Crippen MR) is 80.3 cm³/mol. The zero-order chi connectivity index (χ0) is 11.1. The standard InChI is InChI=1S/C10H16BrN3O.HI/c1-3-12-10(13-4-2)14-7-8-5-6-9(11)15-8;/h5-6H,3-4,7H2,1-2H3,(H2,12,13,14);1H. The van der Waals surface area contributed by atoms with E-state index in [0.29, 0.717) is 6.54 Å². The molecule has 4 nitrogen and oxygen atoms in total. The zero-order valence-corrected chi connectivity index (χ0v) is 13.3. The summed E-state index contributed by atoms with van der Waals surface area (Å²) in [7, 11) is 0. The molecule has 1 aromatic heterocycles. The van der Waals surface area contributed by atoms with E-state index in [4.69, 9.17) is 4.42 Å². The molecule has 16 heavy (non-hydrogen) atoms. The van der Waals surface area contributed by atoms with Crippen molar-refractivity contribution in [3.05, 3.63) is 22.6 Å². The molecule has 0 fully saturated rings. The van der Waals surface area contributed by atoms with Gasteiger partial charge in [0.05, 0.1) is 0 Å². The Labute approximate surface area is 121 Å². The Hall–Kier alpha value is -0.240. The molecule has 0 atom stereocenters. The van der Waals surface area contributed by atoms with Crippen LogP contribution in [0.25, 0.3) is 0 Å². The van der Waals surface area contributed by atoms with E-state index >= 15 is 0 Å². The Morgan fingerprint density at radius 3 is 2.38 bits per heavy atom. The van der Waals surface area contributed by atoms with Crippen molar-refractivity contribution in [3.63, 3.8) is 0 Å². The second-order valence-electron chi connectivity index (χ2n) is 2.93. The third-order valence-electron chi connectivity index (χ3n) is 1.71. The number of halogens is 2. The number of nitrogens with zero attached hydrogens (tertiary/aromatic N) is 1. The van der Waals surface area contributed by atoms with Crippen LogP contribution in [0.3, 0.4) is 0 Å². The van der Waals surface area contributed by atoms with Gasteiger partial charge in [-0.2, -0.15) is 0 Å². The van der Waals surface area contributed by atoms with E-state index in [9.17, 15) is 0 Å². The van der Waals surface area contributed by atoms with E-state index in [2.05, 4.69) is 31.6 Å². The van der Waals surface area contributed by atoms with Crippen LogP contribution in [0.1, 0.15) is 19.6 Å². The SMILES string of the molecule is CCNC(=NCc1ccc(Br)o1)NCC.I. The van der Waals surface area contributed by atoms with E-state index in [0.717, 1.165) is 29.5 Å². The van der Waals surface area contributed by atoms with Gasteiger partial charge in [0.2, 0.25) is 0 Å². The Balaban J connectivity index is 0.00000225. The highest BCUT2D eigenvalue weighted by Crippen LogP contribution is 2.14. The molecule has 0 saturated carbocycles. The summed E-state index contributed by atoms with van der Waals surface area (Å²) in [5.74, 6) is 1.66. The summed E-state index contributed by atoms with van der Waals surface area (Å²) in [5.41, 5.74) is 0. The number of hydrogen-bond donors (Lipinski definition) is 2. The summed E-state index contributed by atoms with van der Waals surface area (Å²) >= 11 is 3.25. The van der Waals surface area contributed by atoms with Crippen LogP contribution < -0.4 is 10.6 Å². The predicted octanol–water partition coefficient (Wildman–Crippen LogP) is 2.74. The third kappa shape index (κ3) is 5.74. The molecule has 2 N–H and O–H groups in total. The van der Waals surface area contributed by atoms with E-state index < -0.39 is 0 Å². The molecule has 0 aliphatic rings. The highest BCUT2D eigenvalue weighted by molar-refractivity contribution is 14.0. The Morgan fingerprint density at radius 2 is 1.94 bits per heavy atom. The highest BCUT2D eigenvalue weighted by Gasteiger charge is 1.99. The molecule has 0 aliphatic heterocycles. The van der Waals surface area contributed by atoms with Gasteiger partial charge < -0.3 is 15.1 Å². The fourth-order valence-electron chi connectivity index (χ4n) is 1.10. The van der Waals surface area contributed by atoms with Gasteiger partial charge in [0.25, 0.3) is 0 Å². The first-order valence-electron chi connectivity index (χ1n) is 5.02. The molecule has 0 amide bonds. The lowest BCUT2D eigenvalue weighted by atomic mass is 10.4. The zero-order valence-electron chi connectivity index (χ0n) is 9.42. The van der Waals surface area contributed by atoms with Crippen LogP contribution in [0.2, 0.25) is 0 Å². The van der Waals surface area contributed by atoms with Gasteiger partial charge in [-0.3, -0.25) is 0 Å². The van der Waals surface area contributed by atoms with Gasteiger partial charge in [-0.1, -0.05) is 0 Å². The van der Waals surface area contributed by atoms with Crippen LogP contribution in [-0.4, -0.2) is 19.0 Å². The molecule has 0 radical (unpaired) electrons. The molecule has 0 unspecified atom stereocenters. The van der Waals surface area contributed by atoms with Crippen LogP contribution in [0, 0.1) is 0 Å².